The standard InChI is InChI=1S/C28H25N9O3S/c29-17-3-14-24(23(31)15-17)35-33-18-4-6-20(7-5-18)37-41(39,40)21-10-8-19(9-11-21)34-36-25-13-2-16-1-12-22(30)28(38)26(16)27(25)32/h1-15,37-38H,29-32H2. The lowest BCUT2D eigenvalue weighted by molar-refractivity contribution is 0.484. The number of aromatic hydroxyl groups is 1. The van der Waals surface area contributed by atoms with Crippen LogP contribution < -0.4 is 27.7 Å². The van der Waals surface area contributed by atoms with Crippen molar-refractivity contribution in [3.8, 4) is 5.75 Å². The Bertz CT molecular complexity index is 1920. The van der Waals surface area contributed by atoms with Gasteiger partial charge in [-0.1, -0.05) is 12.1 Å². The first-order valence-corrected chi connectivity index (χ1v) is 13.6. The quantitative estimate of drug-likeness (QED) is 0.0726. The van der Waals surface area contributed by atoms with Crippen molar-refractivity contribution in [3.05, 3.63) is 91.0 Å². The van der Waals surface area contributed by atoms with E-state index in [-0.39, 0.29) is 22.0 Å². The zero-order valence-corrected chi connectivity index (χ0v) is 22.2. The van der Waals surface area contributed by atoms with Crippen LogP contribution in [0.2, 0.25) is 0 Å². The minimum absolute atomic E-state index is 0.0321. The molecule has 0 aliphatic heterocycles. The van der Waals surface area contributed by atoms with Crippen LogP contribution in [-0.2, 0) is 10.0 Å². The number of nitrogens with one attached hydrogen (secondary N) is 1. The Kier molecular flexibility index (Phi) is 7.10. The van der Waals surface area contributed by atoms with Crippen molar-refractivity contribution in [3.63, 3.8) is 0 Å². The molecule has 0 unspecified atom stereocenters. The summed E-state index contributed by atoms with van der Waals surface area (Å²) in [5.41, 5.74) is 26.9. The average molecular weight is 568 g/mol. The number of hydrogen-bond acceptors (Lipinski definition) is 11. The maximum atomic E-state index is 12.9. The second kappa shape index (κ2) is 10.8. The smallest absolute Gasteiger partial charge is 0.261 e. The predicted octanol–water partition coefficient (Wildman–Crippen LogP) is 6.51. The third-order valence-electron chi connectivity index (χ3n) is 6.07. The number of hydrogen-bond donors (Lipinski definition) is 6. The summed E-state index contributed by atoms with van der Waals surface area (Å²) in [4.78, 5) is 0.0321. The fraction of sp³-hybridized carbons (Fsp3) is 0. The van der Waals surface area contributed by atoms with E-state index in [1.165, 1.54) is 24.3 Å². The molecule has 13 heteroatoms. The predicted molar refractivity (Wildman–Crippen MR) is 162 cm³/mol. The van der Waals surface area contributed by atoms with Crippen LogP contribution in [0.15, 0.2) is 116 Å². The number of phenolic OH excluding ortho intramolecular Hbond substituents is 1. The van der Waals surface area contributed by atoms with Gasteiger partial charge in [0.25, 0.3) is 10.0 Å². The van der Waals surface area contributed by atoms with Gasteiger partial charge in [-0.15, -0.1) is 10.2 Å². The first-order valence-electron chi connectivity index (χ1n) is 12.1. The van der Waals surface area contributed by atoms with E-state index in [1.54, 1.807) is 66.7 Å². The van der Waals surface area contributed by atoms with Gasteiger partial charge in [0, 0.05) is 11.4 Å². The van der Waals surface area contributed by atoms with Gasteiger partial charge in [0.05, 0.1) is 38.7 Å². The maximum absolute atomic E-state index is 12.9. The second-order valence-corrected chi connectivity index (χ2v) is 10.6. The summed E-state index contributed by atoms with van der Waals surface area (Å²) < 4.78 is 28.3. The molecule has 0 bridgehead atoms. The molecule has 0 fully saturated rings. The van der Waals surface area contributed by atoms with Crippen LogP contribution in [-0.4, -0.2) is 13.5 Å². The fourth-order valence-electron chi connectivity index (χ4n) is 3.91. The molecule has 12 nitrogen and oxygen atoms in total. The molecule has 0 radical (unpaired) electrons. The number of nitrogens with zero attached hydrogens (tertiary/aromatic N) is 4. The highest BCUT2D eigenvalue weighted by Crippen LogP contribution is 2.40. The Morgan fingerprint density at radius 2 is 1.22 bits per heavy atom. The Hall–Kier alpha value is -5.69. The number of fused-ring (bicyclic) bond motifs is 1. The lowest BCUT2D eigenvalue weighted by Gasteiger charge is -2.09. The average Bonchev–Trinajstić information content (AvgIpc) is 2.95. The van der Waals surface area contributed by atoms with E-state index < -0.39 is 10.0 Å². The number of benzene rings is 5. The Morgan fingerprint density at radius 3 is 1.88 bits per heavy atom. The Morgan fingerprint density at radius 1 is 0.634 bits per heavy atom. The molecule has 0 aliphatic rings. The molecule has 0 atom stereocenters. The number of phenols is 1. The van der Waals surface area contributed by atoms with Crippen LogP contribution in [0, 0.1) is 0 Å². The second-order valence-electron chi connectivity index (χ2n) is 8.96. The maximum Gasteiger partial charge on any atom is 0.261 e. The van der Waals surface area contributed by atoms with Crippen LogP contribution in [0.4, 0.5) is 51.2 Å². The fourth-order valence-corrected chi connectivity index (χ4v) is 4.97. The van der Waals surface area contributed by atoms with Crippen molar-refractivity contribution in [1.29, 1.82) is 0 Å². The van der Waals surface area contributed by atoms with Gasteiger partial charge in [0.2, 0.25) is 0 Å². The van der Waals surface area contributed by atoms with Crippen LogP contribution in [0.1, 0.15) is 0 Å². The summed E-state index contributed by atoms with van der Waals surface area (Å²) in [5.74, 6) is -0.124. The van der Waals surface area contributed by atoms with Crippen LogP contribution in [0.3, 0.4) is 0 Å². The topological polar surface area (TPSA) is 220 Å². The zero-order valence-electron chi connectivity index (χ0n) is 21.4. The summed E-state index contributed by atoms with van der Waals surface area (Å²) in [6.07, 6.45) is 0. The van der Waals surface area contributed by atoms with Crippen LogP contribution >= 0.6 is 0 Å². The van der Waals surface area contributed by atoms with Crippen molar-refractivity contribution in [1.82, 2.24) is 0 Å². The van der Waals surface area contributed by atoms with E-state index in [0.717, 1.165) is 0 Å². The monoisotopic (exact) mass is 567 g/mol. The van der Waals surface area contributed by atoms with E-state index in [9.17, 15) is 13.5 Å². The molecule has 5 aromatic carbocycles. The van der Waals surface area contributed by atoms with Crippen molar-refractivity contribution >= 4 is 72.0 Å². The molecular formula is C28H25N9O3S. The molecule has 0 saturated carbocycles. The molecule has 0 saturated heterocycles. The molecule has 5 rings (SSSR count). The molecule has 41 heavy (non-hydrogen) atoms. The van der Waals surface area contributed by atoms with E-state index >= 15 is 0 Å². The number of nitrogens with two attached hydrogens (primary N) is 4. The SMILES string of the molecule is Nc1ccc(N=Nc2ccc(NS(=O)(=O)c3ccc(N=Nc4ccc5ccc(N)c(O)c5c4N)cc3)cc2)c(N)c1. The molecule has 206 valence electrons. The van der Waals surface area contributed by atoms with Crippen LogP contribution in [0.25, 0.3) is 10.8 Å². The highest BCUT2D eigenvalue weighted by atomic mass is 32.2. The first-order chi connectivity index (χ1) is 19.6. The molecule has 0 heterocycles. The number of rotatable bonds is 7. The van der Waals surface area contributed by atoms with Gasteiger partial charge in [-0.2, -0.15) is 10.2 Å². The normalized spacial score (nSPS) is 11.9. The summed E-state index contributed by atoms with van der Waals surface area (Å²) >= 11 is 0. The Balaban J connectivity index is 1.27. The number of azo groups is 2. The summed E-state index contributed by atoms with van der Waals surface area (Å²) in [6.45, 7) is 0. The summed E-state index contributed by atoms with van der Waals surface area (Å²) in [5, 5.41) is 27.9. The molecule has 0 amide bonds. The Labute approximate surface area is 235 Å². The number of anilines is 5. The molecule has 0 aliphatic carbocycles. The van der Waals surface area contributed by atoms with Crippen molar-refractivity contribution in [2.45, 2.75) is 4.90 Å². The van der Waals surface area contributed by atoms with Crippen molar-refractivity contribution in [2.24, 2.45) is 20.5 Å². The van der Waals surface area contributed by atoms with E-state index in [2.05, 4.69) is 25.2 Å². The van der Waals surface area contributed by atoms with Gasteiger partial charge in [0.1, 0.15) is 17.1 Å². The van der Waals surface area contributed by atoms with Gasteiger partial charge in [-0.3, -0.25) is 4.72 Å². The van der Waals surface area contributed by atoms with Crippen molar-refractivity contribution in [2.75, 3.05) is 27.7 Å². The summed E-state index contributed by atoms with van der Waals surface area (Å²) in [6, 6.07) is 23.9. The van der Waals surface area contributed by atoms with Gasteiger partial charge >= 0.3 is 0 Å². The third kappa shape index (κ3) is 5.84. The number of sulfonamides is 1. The minimum Gasteiger partial charge on any atom is -0.505 e. The summed E-state index contributed by atoms with van der Waals surface area (Å²) in [7, 11) is -3.88. The van der Waals surface area contributed by atoms with E-state index in [4.69, 9.17) is 22.9 Å². The van der Waals surface area contributed by atoms with Crippen molar-refractivity contribution < 1.29 is 13.5 Å². The molecule has 10 N–H and O–H groups in total. The molecule has 0 aromatic heterocycles. The van der Waals surface area contributed by atoms with Crippen LogP contribution in [0.5, 0.6) is 5.75 Å². The lowest BCUT2D eigenvalue weighted by Crippen LogP contribution is -2.12. The zero-order chi connectivity index (χ0) is 29.1. The first kappa shape index (κ1) is 26.9. The van der Waals surface area contributed by atoms with E-state index in [1.807, 2.05) is 0 Å². The molecule has 5 aromatic rings. The van der Waals surface area contributed by atoms with E-state index in [0.29, 0.717) is 50.6 Å². The largest absolute Gasteiger partial charge is 0.505 e. The molecule has 0 spiro atoms. The molecular weight excluding hydrogens is 542 g/mol. The van der Waals surface area contributed by atoms with Gasteiger partial charge < -0.3 is 28.0 Å². The van der Waals surface area contributed by atoms with Gasteiger partial charge in [0.15, 0.2) is 0 Å². The minimum atomic E-state index is -3.88. The van der Waals surface area contributed by atoms with Gasteiger partial charge in [-0.05, 0) is 84.2 Å². The number of nitrogen functional groups attached to an aromatic ring is 4. The highest BCUT2D eigenvalue weighted by molar-refractivity contribution is 7.92. The highest BCUT2D eigenvalue weighted by Gasteiger charge is 2.15. The van der Waals surface area contributed by atoms with Gasteiger partial charge in [-0.25, -0.2) is 8.42 Å². The lowest BCUT2D eigenvalue weighted by atomic mass is 10.1. The third-order valence-corrected chi connectivity index (χ3v) is 7.47.